The minimum Gasteiger partial charge on any atom is -0.391 e. The van der Waals surface area contributed by atoms with Crippen LogP contribution in [0.1, 0.15) is 38.4 Å². The van der Waals surface area contributed by atoms with Crippen molar-refractivity contribution in [2.75, 3.05) is 17.6 Å². The largest absolute Gasteiger partial charge is 0.391 e. The smallest absolute Gasteiger partial charge is 0.136 e. The average Bonchev–Trinajstić information content (AvgIpc) is 3.08. The minimum atomic E-state index is -0.379. The van der Waals surface area contributed by atoms with Crippen LogP contribution in [-0.2, 0) is 0 Å². The molecule has 0 saturated heterocycles. The predicted octanol–water partition coefficient (Wildman–Crippen LogP) is 1.36. The quantitative estimate of drug-likeness (QED) is 0.719. The van der Waals surface area contributed by atoms with Crippen molar-refractivity contribution in [3.8, 4) is 0 Å². The van der Waals surface area contributed by atoms with Crippen molar-refractivity contribution < 1.29 is 5.11 Å². The molecular weight excluding hydrogens is 216 g/mol. The first kappa shape index (κ1) is 12.1. The summed E-state index contributed by atoms with van der Waals surface area (Å²) in [5.41, 5.74) is 5.74. The van der Waals surface area contributed by atoms with Crippen molar-refractivity contribution >= 4 is 11.6 Å². The van der Waals surface area contributed by atoms with Crippen LogP contribution in [0.5, 0.6) is 0 Å². The second kappa shape index (κ2) is 4.87. The first-order chi connectivity index (χ1) is 8.06. The molecular formula is C12H20N4O. The van der Waals surface area contributed by atoms with E-state index in [0.29, 0.717) is 24.1 Å². The average molecular weight is 236 g/mol. The molecule has 5 heteroatoms. The second-order valence-corrected chi connectivity index (χ2v) is 5.00. The predicted molar refractivity (Wildman–Crippen MR) is 67.8 cm³/mol. The number of rotatable bonds is 5. The number of nitrogens with one attached hydrogen (secondary N) is 1. The number of anilines is 2. The Morgan fingerprint density at radius 3 is 2.76 bits per heavy atom. The van der Waals surface area contributed by atoms with E-state index >= 15 is 0 Å². The van der Waals surface area contributed by atoms with E-state index in [9.17, 15) is 5.11 Å². The summed E-state index contributed by atoms with van der Waals surface area (Å²) in [6, 6.07) is 1.71. The fourth-order valence-electron chi connectivity index (χ4n) is 1.54. The molecule has 1 aliphatic carbocycles. The Morgan fingerprint density at radius 2 is 2.18 bits per heavy atom. The molecule has 1 aliphatic rings. The van der Waals surface area contributed by atoms with E-state index in [1.807, 2.05) is 13.8 Å². The maximum Gasteiger partial charge on any atom is 0.136 e. The highest BCUT2D eigenvalue weighted by Gasteiger charge is 2.27. The van der Waals surface area contributed by atoms with E-state index in [1.165, 1.54) is 0 Å². The maximum absolute atomic E-state index is 9.71. The topological polar surface area (TPSA) is 84.1 Å². The molecule has 0 radical (unpaired) electrons. The van der Waals surface area contributed by atoms with Gasteiger partial charge >= 0.3 is 0 Å². The molecule has 0 aromatic carbocycles. The molecule has 17 heavy (non-hydrogen) atoms. The third kappa shape index (κ3) is 3.30. The van der Waals surface area contributed by atoms with Gasteiger partial charge < -0.3 is 16.2 Å². The Balaban J connectivity index is 2.00. The molecule has 2 rings (SSSR count). The summed E-state index contributed by atoms with van der Waals surface area (Å²) < 4.78 is 0. The third-order valence-corrected chi connectivity index (χ3v) is 2.97. The summed E-state index contributed by atoms with van der Waals surface area (Å²) in [4.78, 5) is 8.64. The second-order valence-electron chi connectivity index (χ2n) is 5.00. The normalized spacial score (nSPS) is 17.2. The van der Waals surface area contributed by atoms with Gasteiger partial charge in [-0.25, -0.2) is 9.97 Å². The van der Waals surface area contributed by atoms with Gasteiger partial charge in [0, 0.05) is 18.5 Å². The molecule has 1 aromatic rings. The molecule has 1 aromatic heterocycles. The number of aromatic nitrogens is 2. The molecule has 1 fully saturated rings. The van der Waals surface area contributed by atoms with Crippen molar-refractivity contribution in [2.45, 2.75) is 38.7 Å². The number of nitrogens with zero attached hydrogens (tertiary/aromatic N) is 2. The third-order valence-electron chi connectivity index (χ3n) is 2.97. The number of nitrogens with two attached hydrogens (primary N) is 1. The lowest BCUT2D eigenvalue weighted by Gasteiger charge is -2.15. The Morgan fingerprint density at radius 1 is 1.47 bits per heavy atom. The Kier molecular flexibility index (Phi) is 3.47. The molecule has 0 bridgehead atoms. The molecule has 0 aliphatic heterocycles. The van der Waals surface area contributed by atoms with E-state index < -0.39 is 0 Å². The zero-order valence-corrected chi connectivity index (χ0v) is 10.3. The van der Waals surface area contributed by atoms with Crippen molar-refractivity contribution in [2.24, 2.45) is 5.92 Å². The number of nitrogen functional groups attached to an aromatic ring is 1. The van der Waals surface area contributed by atoms with Crippen molar-refractivity contribution in [3.63, 3.8) is 0 Å². The summed E-state index contributed by atoms with van der Waals surface area (Å²) in [6.45, 7) is 4.45. The molecule has 0 amide bonds. The van der Waals surface area contributed by atoms with Crippen LogP contribution in [0.4, 0.5) is 11.6 Å². The van der Waals surface area contributed by atoms with Crippen LogP contribution in [0.25, 0.3) is 0 Å². The first-order valence-electron chi connectivity index (χ1n) is 6.12. The highest BCUT2D eigenvalue weighted by atomic mass is 16.3. The monoisotopic (exact) mass is 236 g/mol. The maximum atomic E-state index is 9.71. The Labute approximate surface area is 101 Å². The summed E-state index contributed by atoms with van der Waals surface area (Å²) in [5, 5.41) is 12.8. The Bertz CT molecular complexity index is 390. The summed E-state index contributed by atoms with van der Waals surface area (Å²) in [5.74, 6) is 2.73. The standard InChI is InChI=1S/C12H20N4O/c1-7(2)9(17)6-14-11-5-10(13)15-12(16-11)8-3-4-8/h5,7-9,17H,3-4,6H2,1-2H3,(H3,13,14,15,16). The lowest BCUT2D eigenvalue weighted by Crippen LogP contribution is -2.25. The van der Waals surface area contributed by atoms with E-state index in [1.54, 1.807) is 6.07 Å². The van der Waals surface area contributed by atoms with Crippen molar-refractivity contribution in [1.82, 2.24) is 9.97 Å². The van der Waals surface area contributed by atoms with Gasteiger partial charge in [0.05, 0.1) is 6.10 Å². The molecule has 1 unspecified atom stereocenters. The first-order valence-corrected chi connectivity index (χ1v) is 6.12. The van der Waals surface area contributed by atoms with Gasteiger partial charge in [0.15, 0.2) is 0 Å². The fourth-order valence-corrected chi connectivity index (χ4v) is 1.54. The SMILES string of the molecule is CC(C)C(O)CNc1cc(N)nc(C2CC2)n1. The molecule has 1 atom stereocenters. The Hall–Kier alpha value is -1.36. The molecule has 94 valence electrons. The van der Waals surface area contributed by atoms with Crippen LogP contribution in [0.3, 0.4) is 0 Å². The van der Waals surface area contributed by atoms with Crippen LogP contribution in [0.2, 0.25) is 0 Å². The number of hydrogen-bond donors (Lipinski definition) is 3. The summed E-state index contributed by atoms with van der Waals surface area (Å²) in [6.07, 6.45) is 1.92. The van der Waals surface area contributed by atoms with Gasteiger partial charge in [-0.15, -0.1) is 0 Å². The lowest BCUT2D eigenvalue weighted by atomic mass is 10.1. The van der Waals surface area contributed by atoms with Crippen LogP contribution in [0.15, 0.2) is 6.07 Å². The van der Waals surface area contributed by atoms with Crippen LogP contribution in [-0.4, -0.2) is 27.7 Å². The lowest BCUT2D eigenvalue weighted by molar-refractivity contribution is 0.138. The molecule has 1 heterocycles. The summed E-state index contributed by atoms with van der Waals surface area (Å²) in [7, 11) is 0. The number of aliphatic hydroxyl groups excluding tert-OH is 1. The highest BCUT2D eigenvalue weighted by molar-refractivity contribution is 5.45. The van der Waals surface area contributed by atoms with Crippen LogP contribution < -0.4 is 11.1 Å². The van der Waals surface area contributed by atoms with Gasteiger partial charge in [0.25, 0.3) is 0 Å². The zero-order valence-electron chi connectivity index (χ0n) is 10.3. The van der Waals surface area contributed by atoms with E-state index in [0.717, 1.165) is 18.7 Å². The van der Waals surface area contributed by atoms with E-state index in [-0.39, 0.29) is 12.0 Å². The van der Waals surface area contributed by atoms with Gasteiger partial charge in [-0.3, -0.25) is 0 Å². The molecule has 5 nitrogen and oxygen atoms in total. The van der Waals surface area contributed by atoms with Gasteiger partial charge in [0.1, 0.15) is 17.5 Å². The van der Waals surface area contributed by atoms with Gasteiger partial charge in [0.2, 0.25) is 0 Å². The van der Waals surface area contributed by atoms with Crippen molar-refractivity contribution in [3.05, 3.63) is 11.9 Å². The minimum absolute atomic E-state index is 0.226. The number of hydrogen-bond acceptors (Lipinski definition) is 5. The molecule has 4 N–H and O–H groups in total. The highest BCUT2D eigenvalue weighted by Crippen LogP contribution is 2.38. The van der Waals surface area contributed by atoms with Gasteiger partial charge in [-0.2, -0.15) is 0 Å². The van der Waals surface area contributed by atoms with Gasteiger partial charge in [-0.05, 0) is 18.8 Å². The van der Waals surface area contributed by atoms with E-state index in [4.69, 9.17) is 5.73 Å². The zero-order chi connectivity index (χ0) is 12.4. The summed E-state index contributed by atoms with van der Waals surface area (Å²) >= 11 is 0. The molecule has 0 spiro atoms. The van der Waals surface area contributed by atoms with Crippen molar-refractivity contribution in [1.29, 1.82) is 0 Å². The van der Waals surface area contributed by atoms with Crippen LogP contribution in [0, 0.1) is 5.92 Å². The molecule has 1 saturated carbocycles. The van der Waals surface area contributed by atoms with Crippen LogP contribution >= 0.6 is 0 Å². The van der Waals surface area contributed by atoms with Gasteiger partial charge in [-0.1, -0.05) is 13.8 Å². The fraction of sp³-hybridized carbons (Fsp3) is 0.667. The van der Waals surface area contributed by atoms with E-state index in [2.05, 4.69) is 15.3 Å². The number of aliphatic hydroxyl groups is 1.